The molecule has 0 atom stereocenters. The van der Waals surface area contributed by atoms with E-state index in [1.807, 2.05) is 31.2 Å². The zero-order chi connectivity index (χ0) is 11.1. The van der Waals surface area contributed by atoms with Gasteiger partial charge in [0.1, 0.15) is 6.07 Å². The fourth-order valence-corrected chi connectivity index (χ4v) is 2.23. The summed E-state index contributed by atoms with van der Waals surface area (Å²) >= 11 is 0. The number of aromatic nitrogens is 1. The van der Waals surface area contributed by atoms with Crippen molar-refractivity contribution in [1.82, 2.24) is 4.40 Å². The van der Waals surface area contributed by atoms with Crippen molar-refractivity contribution in [2.45, 2.75) is 6.92 Å². The summed E-state index contributed by atoms with van der Waals surface area (Å²) in [6, 6.07) is 16.4. The van der Waals surface area contributed by atoms with Crippen LogP contribution < -0.4 is 0 Å². The van der Waals surface area contributed by atoms with Crippen LogP contribution in [0, 0.1) is 18.3 Å². The Hall–Kier alpha value is -2.27. The van der Waals surface area contributed by atoms with Gasteiger partial charge >= 0.3 is 0 Å². The summed E-state index contributed by atoms with van der Waals surface area (Å²) < 4.78 is 2.13. The van der Waals surface area contributed by atoms with Crippen LogP contribution in [0.25, 0.3) is 16.4 Å². The zero-order valence-electron chi connectivity index (χ0n) is 8.94. The quantitative estimate of drug-likeness (QED) is 0.554. The van der Waals surface area contributed by atoms with Crippen LogP contribution in [0.3, 0.4) is 0 Å². The third kappa shape index (κ3) is 1.06. The molecular formula is C14H10N2. The number of benzene rings is 1. The number of nitrogens with zero attached hydrogens (tertiary/aromatic N) is 2. The first-order valence-electron chi connectivity index (χ1n) is 5.21. The maximum absolute atomic E-state index is 9.06. The standard InChI is InChI=1S/C14H10N2/c1-10-8-12(9-15)14-7-6-11-4-2-3-5-13(11)16(10)14/h2-8H,1H3. The average Bonchev–Trinajstić information content (AvgIpc) is 2.66. The number of para-hydroxylation sites is 1. The Labute approximate surface area is 93.4 Å². The van der Waals surface area contributed by atoms with E-state index in [4.69, 9.17) is 5.26 Å². The molecule has 2 aromatic heterocycles. The van der Waals surface area contributed by atoms with E-state index in [2.05, 4.69) is 28.7 Å². The van der Waals surface area contributed by atoms with Gasteiger partial charge in [0.05, 0.1) is 16.6 Å². The van der Waals surface area contributed by atoms with Crippen molar-refractivity contribution in [1.29, 1.82) is 5.26 Å². The Morgan fingerprint density at radius 3 is 2.69 bits per heavy atom. The van der Waals surface area contributed by atoms with Crippen molar-refractivity contribution >= 4 is 16.4 Å². The van der Waals surface area contributed by atoms with Crippen LogP contribution >= 0.6 is 0 Å². The van der Waals surface area contributed by atoms with Crippen LogP contribution in [0.4, 0.5) is 0 Å². The van der Waals surface area contributed by atoms with Crippen molar-refractivity contribution in [3.63, 3.8) is 0 Å². The zero-order valence-corrected chi connectivity index (χ0v) is 8.94. The maximum atomic E-state index is 9.06. The van der Waals surface area contributed by atoms with Crippen molar-refractivity contribution in [3.05, 3.63) is 53.7 Å². The van der Waals surface area contributed by atoms with Crippen LogP contribution in [0.15, 0.2) is 42.5 Å². The topological polar surface area (TPSA) is 28.2 Å². The molecule has 0 saturated carbocycles. The summed E-state index contributed by atoms with van der Waals surface area (Å²) in [7, 11) is 0. The molecule has 0 amide bonds. The number of rotatable bonds is 0. The Kier molecular flexibility index (Phi) is 1.75. The molecule has 0 bridgehead atoms. The van der Waals surface area contributed by atoms with E-state index < -0.39 is 0 Å². The highest BCUT2D eigenvalue weighted by molar-refractivity contribution is 5.84. The molecular weight excluding hydrogens is 196 g/mol. The second-order valence-corrected chi connectivity index (χ2v) is 3.92. The monoisotopic (exact) mass is 206 g/mol. The highest BCUT2D eigenvalue weighted by Gasteiger charge is 2.07. The molecule has 1 aromatic carbocycles. The molecule has 0 radical (unpaired) electrons. The smallest absolute Gasteiger partial charge is 0.101 e. The second-order valence-electron chi connectivity index (χ2n) is 3.92. The molecule has 0 saturated heterocycles. The molecule has 3 aromatic rings. The van der Waals surface area contributed by atoms with E-state index in [0.29, 0.717) is 0 Å². The fraction of sp³-hybridized carbons (Fsp3) is 0.0714. The first-order chi connectivity index (χ1) is 7.81. The van der Waals surface area contributed by atoms with Crippen molar-refractivity contribution in [2.24, 2.45) is 0 Å². The van der Waals surface area contributed by atoms with Gasteiger partial charge in [0.25, 0.3) is 0 Å². The molecule has 0 aliphatic carbocycles. The lowest BCUT2D eigenvalue weighted by molar-refractivity contribution is 1.17. The van der Waals surface area contributed by atoms with Crippen LogP contribution in [0.5, 0.6) is 0 Å². The first kappa shape index (κ1) is 8.99. The first-order valence-corrected chi connectivity index (χ1v) is 5.21. The van der Waals surface area contributed by atoms with Crippen molar-refractivity contribution < 1.29 is 0 Å². The highest BCUT2D eigenvalue weighted by Crippen LogP contribution is 2.22. The highest BCUT2D eigenvalue weighted by atomic mass is 14.9. The molecule has 3 rings (SSSR count). The number of hydrogen-bond acceptors (Lipinski definition) is 1. The second kappa shape index (κ2) is 3.11. The summed E-state index contributed by atoms with van der Waals surface area (Å²) in [5, 5.41) is 10.3. The molecule has 2 nitrogen and oxygen atoms in total. The Morgan fingerprint density at radius 2 is 1.88 bits per heavy atom. The van der Waals surface area contributed by atoms with E-state index in [-0.39, 0.29) is 0 Å². The predicted molar refractivity (Wildman–Crippen MR) is 64.4 cm³/mol. The van der Waals surface area contributed by atoms with Crippen LogP contribution in [0.2, 0.25) is 0 Å². The lowest BCUT2D eigenvalue weighted by Crippen LogP contribution is -1.89. The van der Waals surface area contributed by atoms with Crippen LogP contribution in [0.1, 0.15) is 11.3 Å². The van der Waals surface area contributed by atoms with Gasteiger partial charge in [-0.25, -0.2) is 0 Å². The van der Waals surface area contributed by atoms with Gasteiger partial charge in [0, 0.05) is 5.69 Å². The molecule has 0 fully saturated rings. The Morgan fingerprint density at radius 1 is 1.06 bits per heavy atom. The van der Waals surface area contributed by atoms with Crippen LogP contribution in [-0.2, 0) is 0 Å². The minimum Gasteiger partial charge on any atom is -0.313 e. The minimum absolute atomic E-state index is 0.739. The number of pyridine rings is 1. The van der Waals surface area contributed by atoms with Gasteiger partial charge in [-0.3, -0.25) is 0 Å². The maximum Gasteiger partial charge on any atom is 0.101 e. The molecule has 16 heavy (non-hydrogen) atoms. The van der Waals surface area contributed by atoms with Gasteiger partial charge in [-0.2, -0.15) is 5.26 Å². The van der Waals surface area contributed by atoms with Gasteiger partial charge in [-0.15, -0.1) is 0 Å². The Balaban J connectivity index is 2.62. The molecule has 0 spiro atoms. The molecule has 0 aliphatic heterocycles. The van der Waals surface area contributed by atoms with E-state index in [1.165, 1.54) is 5.39 Å². The van der Waals surface area contributed by atoms with Crippen molar-refractivity contribution in [3.8, 4) is 6.07 Å². The average molecular weight is 206 g/mol. The van der Waals surface area contributed by atoms with Gasteiger partial charge in [-0.1, -0.05) is 24.3 Å². The largest absolute Gasteiger partial charge is 0.313 e. The number of hydrogen-bond donors (Lipinski definition) is 0. The minimum atomic E-state index is 0.739. The third-order valence-electron chi connectivity index (χ3n) is 2.94. The number of aryl methyl sites for hydroxylation is 1. The van der Waals surface area contributed by atoms with Crippen molar-refractivity contribution in [2.75, 3.05) is 0 Å². The van der Waals surface area contributed by atoms with Gasteiger partial charge in [-0.05, 0) is 30.5 Å². The SMILES string of the molecule is Cc1cc(C#N)c2ccc3ccccc3n12. The molecule has 0 aliphatic rings. The summed E-state index contributed by atoms with van der Waals surface area (Å²) in [4.78, 5) is 0. The molecule has 0 unspecified atom stereocenters. The van der Waals surface area contributed by atoms with E-state index >= 15 is 0 Å². The summed E-state index contributed by atoms with van der Waals surface area (Å²) in [5.74, 6) is 0. The molecule has 2 heteroatoms. The third-order valence-corrected chi connectivity index (χ3v) is 2.94. The van der Waals surface area contributed by atoms with Gasteiger partial charge < -0.3 is 4.40 Å². The van der Waals surface area contributed by atoms with Crippen LogP contribution in [-0.4, -0.2) is 4.40 Å². The molecule has 0 N–H and O–H groups in total. The summed E-state index contributed by atoms with van der Waals surface area (Å²) in [6.07, 6.45) is 0. The fourth-order valence-electron chi connectivity index (χ4n) is 2.23. The van der Waals surface area contributed by atoms with Gasteiger partial charge in [0.15, 0.2) is 0 Å². The van der Waals surface area contributed by atoms with Gasteiger partial charge in [0.2, 0.25) is 0 Å². The summed E-state index contributed by atoms with van der Waals surface area (Å²) in [5.41, 5.74) is 3.98. The van der Waals surface area contributed by atoms with E-state index in [9.17, 15) is 0 Å². The Bertz CT molecular complexity index is 729. The lowest BCUT2D eigenvalue weighted by atomic mass is 10.2. The number of nitriles is 1. The van der Waals surface area contributed by atoms with E-state index in [0.717, 1.165) is 22.3 Å². The van der Waals surface area contributed by atoms with E-state index in [1.54, 1.807) is 0 Å². The number of fused-ring (bicyclic) bond motifs is 3. The normalized spacial score (nSPS) is 10.8. The lowest BCUT2D eigenvalue weighted by Gasteiger charge is -2.04. The molecule has 76 valence electrons. The predicted octanol–water partition coefficient (Wildman–Crippen LogP) is 3.27. The molecule has 2 heterocycles. The summed E-state index contributed by atoms with van der Waals surface area (Å²) in [6.45, 7) is 2.03.